The van der Waals surface area contributed by atoms with Crippen molar-refractivity contribution in [2.24, 2.45) is 0 Å². The number of carboxylic acids is 1. The van der Waals surface area contributed by atoms with Crippen LogP contribution < -0.4 is 14.8 Å². The number of benzene rings is 2. The van der Waals surface area contributed by atoms with E-state index in [-0.39, 0.29) is 5.70 Å². The molecule has 0 aromatic heterocycles. The Kier molecular flexibility index (Phi) is 7.43. The van der Waals surface area contributed by atoms with Crippen LogP contribution in [0.1, 0.15) is 25.0 Å². The minimum absolute atomic E-state index is 0.206. The Morgan fingerprint density at radius 3 is 2.44 bits per heavy atom. The maximum atomic E-state index is 11.3. The predicted molar refractivity (Wildman–Crippen MR) is 103 cm³/mol. The molecule has 6 nitrogen and oxygen atoms in total. The predicted octanol–water partition coefficient (Wildman–Crippen LogP) is 3.27. The first kappa shape index (κ1) is 20.0. The third kappa shape index (κ3) is 6.51. The average Bonchev–Trinajstić information content (AvgIpc) is 2.63. The van der Waals surface area contributed by atoms with Crippen LogP contribution in [-0.2, 0) is 16.0 Å². The van der Waals surface area contributed by atoms with E-state index < -0.39 is 11.9 Å². The lowest BCUT2D eigenvalue weighted by Crippen LogP contribution is -2.24. The van der Waals surface area contributed by atoms with E-state index in [4.69, 9.17) is 9.47 Å². The number of hydrogen-bond acceptors (Lipinski definition) is 4. The van der Waals surface area contributed by atoms with Crippen molar-refractivity contribution in [3.63, 3.8) is 0 Å². The Hall–Kier alpha value is -3.28. The van der Waals surface area contributed by atoms with Crippen molar-refractivity contribution < 1.29 is 24.2 Å². The summed E-state index contributed by atoms with van der Waals surface area (Å²) in [5.74, 6) is -0.561. The van der Waals surface area contributed by atoms with Gasteiger partial charge in [0.05, 0.1) is 13.2 Å². The quantitative estimate of drug-likeness (QED) is 0.663. The number of amides is 1. The number of aliphatic carboxylic acids is 1. The van der Waals surface area contributed by atoms with Crippen LogP contribution in [0.15, 0.2) is 54.2 Å². The molecule has 0 saturated carbocycles. The lowest BCUT2D eigenvalue weighted by molar-refractivity contribution is -0.134. The summed E-state index contributed by atoms with van der Waals surface area (Å²) in [6.07, 6.45) is 2.14. The number of carbonyl (C=O) groups excluding carboxylic acids is 1. The molecule has 0 fully saturated rings. The molecule has 0 atom stereocenters. The van der Waals surface area contributed by atoms with E-state index in [9.17, 15) is 14.7 Å². The van der Waals surface area contributed by atoms with Crippen LogP contribution in [0.25, 0.3) is 6.08 Å². The molecule has 27 heavy (non-hydrogen) atoms. The molecule has 0 unspecified atom stereocenters. The van der Waals surface area contributed by atoms with Gasteiger partial charge in [-0.05, 0) is 36.3 Å². The van der Waals surface area contributed by atoms with Crippen molar-refractivity contribution in [1.29, 1.82) is 0 Å². The topological polar surface area (TPSA) is 84.9 Å². The maximum Gasteiger partial charge on any atom is 0.352 e. The van der Waals surface area contributed by atoms with E-state index >= 15 is 0 Å². The zero-order valence-corrected chi connectivity index (χ0v) is 15.4. The summed E-state index contributed by atoms with van der Waals surface area (Å²) >= 11 is 0. The Morgan fingerprint density at radius 1 is 1.07 bits per heavy atom. The second-order valence-electron chi connectivity index (χ2n) is 5.77. The van der Waals surface area contributed by atoms with Gasteiger partial charge in [0.25, 0.3) is 0 Å². The molecule has 0 aliphatic rings. The highest BCUT2D eigenvalue weighted by atomic mass is 16.5. The highest BCUT2D eigenvalue weighted by Crippen LogP contribution is 2.29. The van der Waals surface area contributed by atoms with Crippen LogP contribution >= 0.6 is 0 Å². The molecule has 0 saturated heterocycles. The molecule has 2 rings (SSSR count). The van der Waals surface area contributed by atoms with Gasteiger partial charge in [-0.3, -0.25) is 4.79 Å². The number of carbonyl (C=O) groups is 2. The molecule has 1 amide bonds. The molecule has 0 heterocycles. The van der Waals surface area contributed by atoms with Crippen molar-refractivity contribution in [3.8, 4) is 11.5 Å². The summed E-state index contributed by atoms with van der Waals surface area (Å²) in [6, 6.07) is 15.1. The van der Waals surface area contributed by atoms with Gasteiger partial charge in [-0.1, -0.05) is 36.4 Å². The van der Waals surface area contributed by atoms with Crippen molar-refractivity contribution in [2.45, 2.75) is 20.3 Å². The highest BCUT2D eigenvalue weighted by molar-refractivity contribution is 5.96. The summed E-state index contributed by atoms with van der Waals surface area (Å²) < 4.78 is 11.4. The van der Waals surface area contributed by atoms with E-state index in [2.05, 4.69) is 5.32 Å². The zero-order valence-electron chi connectivity index (χ0n) is 15.4. The minimum atomic E-state index is -1.22. The first-order valence-electron chi connectivity index (χ1n) is 8.65. The van der Waals surface area contributed by atoms with Crippen LogP contribution in [-0.4, -0.2) is 30.2 Å². The summed E-state index contributed by atoms with van der Waals surface area (Å²) in [6.45, 7) is 4.05. The number of hydrogen-bond donors (Lipinski definition) is 2. The summed E-state index contributed by atoms with van der Waals surface area (Å²) in [4.78, 5) is 22.4. The number of ether oxygens (including phenoxy) is 2. The molecule has 2 aromatic carbocycles. The maximum absolute atomic E-state index is 11.3. The van der Waals surface area contributed by atoms with Crippen molar-refractivity contribution in [1.82, 2.24) is 5.32 Å². The van der Waals surface area contributed by atoms with Gasteiger partial charge in [0.15, 0.2) is 11.5 Å². The second-order valence-corrected chi connectivity index (χ2v) is 5.77. The van der Waals surface area contributed by atoms with Crippen LogP contribution in [0.3, 0.4) is 0 Å². The highest BCUT2D eigenvalue weighted by Gasteiger charge is 2.11. The molecule has 0 aliphatic heterocycles. The molecule has 0 aliphatic carbocycles. The first-order chi connectivity index (χ1) is 13.0. The van der Waals surface area contributed by atoms with Crippen LogP contribution in [0, 0.1) is 0 Å². The van der Waals surface area contributed by atoms with Crippen molar-refractivity contribution in [2.75, 3.05) is 13.2 Å². The summed E-state index contributed by atoms with van der Waals surface area (Å²) in [7, 11) is 0. The standard InChI is InChI=1S/C21H23NO5/c1-3-26-20-14-17(13-18(21(24)25)22-15(2)23)9-10-19(20)27-12-11-16-7-5-4-6-8-16/h4-10,13-14H,3,11-12H2,1-2H3,(H,22,23)(H,24,25)/b18-13+. The van der Waals surface area contributed by atoms with Crippen molar-refractivity contribution in [3.05, 3.63) is 65.4 Å². The molecule has 0 spiro atoms. The van der Waals surface area contributed by atoms with Gasteiger partial charge in [0.2, 0.25) is 5.91 Å². The van der Waals surface area contributed by atoms with Crippen LogP contribution in [0.2, 0.25) is 0 Å². The lowest BCUT2D eigenvalue weighted by Gasteiger charge is -2.13. The van der Waals surface area contributed by atoms with Crippen molar-refractivity contribution >= 4 is 18.0 Å². The molecule has 2 N–H and O–H groups in total. The van der Waals surface area contributed by atoms with Gasteiger partial charge in [0, 0.05) is 13.3 Å². The van der Waals surface area contributed by atoms with Gasteiger partial charge in [-0.25, -0.2) is 4.79 Å². The van der Waals surface area contributed by atoms with Gasteiger partial charge < -0.3 is 19.9 Å². The number of rotatable bonds is 9. The lowest BCUT2D eigenvalue weighted by atomic mass is 10.1. The SMILES string of the molecule is CCOc1cc(/C=C(/NC(C)=O)C(=O)O)ccc1OCCc1ccccc1. The molecular weight excluding hydrogens is 346 g/mol. The van der Waals surface area contributed by atoms with E-state index in [1.165, 1.54) is 18.6 Å². The largest absolute Gasteiger partial charge is 0.490 e. The van der Waals surface area contributed by atoms with E-state index in [0.717, 1.165) is 6.42 Å². The first-order valence-corrected chi connectivity index (χ1v) is 8.65. The number of nitrogens with one attached hydrogen (secondary N) is 1. The fraction of sp³-hybridized carbons (Fsp3) is 0.238. The number of carboxylic acid groups (broad SMARTS) is 1. The zero-order chi connectivity index (χ0) is 19.6. The molecule has 142 valence electrons. The van der Waals surface area contributed by atoms with Gasteiger partial charge in [-0.15, -0.1) is 0 Å². The van der Waals surface area contributed by atoms with Crippen LogP contribution in [0.5, 0.6) is 11.5 Å². The Bertz CT molecular complexity index is 815. The Balaban J connectivity index is 2.15. The van der Waals surface area contributed by atoms with Crippen LogP contribution in [0.4, 0.5) is 0 Å². The summed E-state index contributed by atoms with van der Waals surface area (Å²) in [5.41, 5.74) is 1.55. The van der Waals surface area contributed by atoms with E-state index in [0.29, 0.717) is 30.3 Å². The molecule has 0 bridgehead atoms. The monoisotopic (exact) mass is 369 g/mol. The average molecular weight is 369 g/mol. The van der Waals surface area contributed by atoms with Gasteiger partial charge in [-0.2, -0.15) is 0 Å². The van der Waals surface area contributed by atoms with E-state index in [1.54, 1.807) is 18.2 Å². The third-order valence-corrected chi connectivity index (χ3v) is 3.61. The Morgan fingerprint density at radius 2 is 1.81 bits per heavy atom. The van der Waals surface area contributed by atoms with Gasteiger partial charge in [0.1, 0.15) is 5.70 Å². The molecule has 2 aromatic rings. The smallest absolute Gasteiger partial charge is 0.352 e. The second kappa shape index (κ2) is 10.0. The Labute approximate surface area is 158 Å². The minimum Gasteiger partial charge on any atom is -0.490 e. The molecular formula is C21H23NO5. The normalized spacial score (nSPS) is 11.0. The third-order valence-electron chi connectivity index (χ3n) is 3.61. The fourth-order valence-electron chi connectivity index (χ4n) is 2.43. The van der Waals surface area contributed by atoms with Gasteiger partial charge >= 0.3 is 5.97 Å². The van der Waals surface area contributed by atoms with E-state index in [1.807, 2.05) is 37.3 Å². The summed E-state index contributed by atoms with van der Waals surface area (Å²) in [5, 5.41) is 11.5. The molecule has 6 heteroatoms. The molecule has 0 radical (unpaired) electrons. The fourth-order valence-corrected chi connectivity index (χ4v) is 2.43.